The Morgan fingerprint density at radius 1 is 1.30 bits per heavy atom. The molecule has 30 heavy (non-hydrogen) atoms. The van der Waals surface area contributed by atoms with Gasteiger partial charge in [-0.15, -0.1) is 16.4 Å². The Hall–Kier alpha value is -2.46. The third-order valence-corrected chi connectivity index (χ3v) is 6.89. The van der Waals surface area contributed by atoms with Crippen LogP contribution < -0.4 is 5.32 Å². The van der Waals surface area contributed by atoms with Crippen LogP contribution in [0.1, 0.15) is 58.6 Å². The molecule has 0 saturated heterocycles. The molecular weight excluding hydrogens is 422 g/mol. The predicted octanol–water partition coefficient (Wildman–Crippen LogP) is 3.90. The molecule has 158 valence electrons. The van der Waals surface area contributed by atoms with Gasteiger partial charge in [-0.05, 0) is 63.0 Å². The summed E-state index contributed by atoms with van der Waals surface area (Å²) in [5.74, 6) is 0.455. The molecule has 0 spiro atoms. The first-order valence-electron chi connectivity index (χ1n) is 9.80. The van der Waals surface area contributed by atoms with E-state index < -0.39 is 0 Å². The number of hydrogen-bond acceptors (Lipinski definition) is 8. The summed E-state index contributed by atoms with van der Waals surface area (Å²) >= 11 is 2.61. The average Bonchev–Trinajstić information content (AvgIpc) is 3.34. The highest BCUT2D eigenvalue weighted by Crippen LogP contribution is 2.46. The molecule has 3 heterocycles. The summed E-state index contributed by atoms with van der Waals surface area (Å²) in [4.78, 5) is 33.8. The number of fused-ring (bicyclic) bond motifs is 1. The third kappa shape index (κ3) is 4.06. The Bertz CT molecular complexity index is 1130. The molecule has 1 saturated carbocycles. The smallest absolute Gasteiger partial charge is 0.341 e. The minimum Gasteiger partial charge on any atom is -0.462 e. The van der Waals surface area contributed by atoms with Gasteiger partial charge in [-0.2, -0.15) is 4.98 Å². The van der Waals surface area contributed by atoms with Crippen LogP contribution in [0.4, 0.5) is 5.00 Å². The monoisotopic (exact) mass is 445 g/mol. The number of anilines is 1. The maximum Gasteiger partial charge on any atom is 0.341 e. The molecule has 10 heteroatoms. The van der Waals surface area contributed by atoms with Crippen molar-refractivity contribution >= 4 is 45.8 Å². The SMILES string of the molecule is CCOC(=O)c1c(C2CC2)csc1NC(=O)CSc1nc2nc(C)c(C)c(C)n2n1. The highest BCUT2D eigenvalue weighted by molar-refractivity contribution is 7.99. The van der Waals surface area contributed by atoms with Crippen molar-refractivity contribution in [3.05, 3.63) is 33.5 Å². The number of esters is 1. The summed E-state index contributed by atoms with van der Waals surface area (Å²) in [7, 11) is 0. The summed E-state index contributed by atoms with van der Waals surface area (Å²) in [5, 5.41) is 10.3. The molecule has 3 aromatic heterocycles. The van der Waals surface area contributed by atoms with E-state index in [1.54, 1.807) is 11.4 Å². The van der Waals surface area contributed by atoms with Gasteiger partial charge in [0.25, 0.3) is 5.78 Å². The number of carbonyl (C=O) groups excluding carboxylic acids is 2. The van der Waals surface area contributed by atoms with Gasteiger partial charge in [0.15, 0.2) is 0 Å². The van der Waals surface area contributed by atoms with Crippen molar-refractivity contribution in [1.82, 2.24) is 19.6 Å². The van der Waals surface area contributed by atoms with Gasteiger partial charge in [-0.1, -0.05) is 11.8 Å². The lowest BCUT2D eigenvalue weighted by Gasteiger charge is -2.07. The highest BCUT2D eigenvalue weighted by atomic mass is 32.2. The lowest BCUT2D eigenvalue weighted by atomic mass is 10.1. The van der Waals surface area contributed by atoms with E-state index in [2.05, 4.69) is 20.4 Å². The molecule has 0 aliphatic heterocycles. The molecule has 0 aromatic carbocycles. The van der Waals surface area contributed by atoms with Gasteiger partial charge in [0.1, 0.15) is 5.00 Å². The Morgan fingerprint density at radius 2 is 2.07 bits per heavy atom. The number of thiophene rings is 1. The fourth-order valence-electron chi connectivity index (χ4n) is 3.16. The van der Waals surface area contributed by atoms with E-state index in [0.717, 1.165) is 35.4 Å². The fraction of sp³-hybridized carbons (Fsp3) is 0.450. The second-order valence-electron chi connectivity index (χ2n) is 7.24. The molecule has 0 radical (unpaired) electrons. The van der Waals surface area contributed by atoms with E-state index in [1.165, 1.54) is 23.1 Å². The zero-order valence-electron chi connectivity index (χ0n) is 17.3. The first kappa shape index (κ1) is 20.8. The van der Waals surface area contributed by atoms with Crippen LogP contribution in [-0.4, -0.2) is 43.8 Å². The van der Waals surface area contributed by atoms with Crippen molar-refractivity contribution in [2.24, 2.45) is 0 Å². The van der Waals surface area contributed by atoms with Crippen LogP contribution >= 0.6 is 23.1 Å². The number of nitrogens with one attached hydrogen (secondary N) is 1. The van der Waals surface area contributed by atoms with Gasteiger partial charge in [0.05, 0.1) is 17.9 Å². The number of thioether (sulfide) groups is 1. The Kier molecular flexibility index (Phi) is 5.79. The maximum atomic E-state index is 12.5. The summed E-state index contributed by atoms with van der Waals surface area (Å²) in [5.41, 5.74) is 4.44. The molecule has 0 atom stereocenters. The Labute approximate surface area is 182 Å². The molecule has 0 bridgehead atoms. The molecular formula is C20H23N5O3S2. The Morgan fingerprint density at radius 3 is 2.77 bits per heavy atom. The normalized spacial score (nSPS) is 13.6. The van der Waals surface area contributed by atoms with Crippen LogP contribution in [0.3, 0.4) is 0 Å². The van der Waals surface area contributed by atoms with E-state index >= 15 is 0 Å². The molecule has 1 aliphatic rings. The molecule has 1 fully saturated rings. The van der Waals surface area contributed by atoms with Crippen molar-refractivity contribution in [3.63, 3.8) is 0 Å². The van der Waals surface area contributed by atoms with Crippen LogP contribution in [0, 0.1) is 20.8 Å². The molecule has 8 nitrogen and oxygen atoms in total. The predicted molar refractivity (Wildman–Crippen MR) is 117 cm³/mol. The number of nitrogens with zero attached hydrogens (tertiary/aromatic N) is 4. The van der Waals surface area contributed by atoms with Gasteiger partial charge >= 0.3 is 5.97 Å². The number of carbonyl (C=O) groups is 2. The first-order valence-corrected chi connectivity index (χ1v) is 11.7. The topological polar surface area (TPSA) is 98.5 Å². The lowest BCUT2D eigenvalue weighted by molar-refractivity contribution is -0.113. The minimum absolute atomic E-state index is 0.132. The second-order valence-corrected chi connectivity index (χ2v) is 9.06. The van der Waals surface area contributed by atoms with Crippen molar-refractivity contribution in [2.45, 2.75) is 51.6 Å². The molecule has 4 rings (SSSR count). The van der Waals surface area contributed by atoms with Crippen LogP contribution in [0.15, 0.2) is 10.5 Å². The van der Waals surface area contributed by atoms with Gasteiger partial charge < -0.3 is 10.1 Å². The molecule has 1 amide bonds. The second kappa shape index (κ2) is 8.35. The van der Waals surface area contributed by atoms with E-state index in [0.29, 0.717) is 34.0 Å². The minimum atomic E-state index is -0.377. The van der Waals surface area contributed by atoms with Crippen LogP contribution in [-0.2, 0) is 9.53 Å². The van der Waals surface area contributed by atoms with Crippen LogP contribution in [0.5, 0.6) is 0 Å². The molecule has 0 unspecified atom stereocenters. The number of aromatic nitrogens is 4. The fourth-order valence-corrected chi connectivity index (χ4v) is 4.83. The van der Waals surface area contributed by atoms with E-state index in [1.807, 2.05) is 26.2 Å². The van der Waals surface area contributed by atoms with Gasteiger partial charge in [-0.25, -0.2) is 14.3 Å². The summed E-state index contributed by atoms with van der Waals surface area (Å²) in [6.45, 7) is 7.98. The van der Waals surface area contributed by atoms with Crippen molar-refractivity contribution in [1.29, 1.82) is 0 Å². The standard InChI is InChI=1S/C20H23N5O3S2/c1-5-28-18(27)16-14(13-6-7-13)8-29-17(16)22-15(26)9-30-20-23-19-21-11(3)10(2)12(4)25(19)24-20/h8,13H,5-7,9H2,1-4H3,(H,22,26). The van der Waals surface area contributed by atoms with Crippen LogP contribution in [0.25, 0.3) is 5.78 Å². The van der Waals surface area contributed by atoms with Crippen molar-refractivity contribution in [2.75, 3.05) is 17.7 Å². The largest absolute Gasteiger partial charge is 0.462 e. The van der Waals surface area contributed by atoms with Crippen molar-refractivity contribution < 1.29 is 14.3 Å². The number of hydrogen-bond donors (Lipinski definition) is 1. The summed E-state index contributed by atoms with van der Waals surface area (Å²) < 4.78 is 6.90. The number of rotatable bonds is 7. The number of aryl methyl sites for hydroxylation is 2. The van der Waals surface area contributed by atoms with Gasteiger partial charge in [-0.3, -0.25) is 4.79 Å². The van der Waals surface area contributed by atoms with E-state index in [-0.39, 0.29) is 17.6 Å². The summed E-state index contributed by atoms with van der Waals surface area (Å²) in [6, 6.07) is 0. The van der Waals surface area contributed by atoms with Crippen molar-refractivity contribution in [3.8, 4) is 0 Å². The third-order valence-electron chi connectivity index (χ3n) is 5.14. The van der Waals surface area contributed by atoms with E-state index in [4.69, 9.17) is 4.74 Å². The van der Waals surface area contributed by atoms with Gasteiger partial charge in [0.2, 0.25) is 11.1 Å². The molecule has 1 N–H and O–H groups in total. The maximum absolute atomic E-state index is 12.5. The average molecular weight is 446 g/mol. The van der Waals surface area contributed by atoms with Gasteiger partial charge in [0, 0.05) is 11.4 Å². The Balaban J connectivity index is 1.46. The molecule has 3 aromatic rings. The zero-order valence-corrected chi connectivity index (χ0v) is 18.9. The highest BCUT2D eigenvalue weighted by Gasteiger charge is 2.32. The van der Waals surface area contributed by atoms with Crippen LogP contribution in [0.2, 0.25) is 0 Å². The molecule has 1 aliphatic carbocycles. The number of ether oxygens (including phenoxy) is 1. The van der Waals surface area contributed by atoms with E-state index in [9.17, 15) is 9.59 Å². The zero-order chi connectivity index (χ0) is 21.4. The summed E-state index contributed by atoms with van der Waals surface area (Å²) in [6.07, 6.45) is 2.14. The lowest BCUT2D eigenvalue weighted by Crippen LogP contribution is -2.16. The first-order chi connectivity index (χ1) is 14.4. The quantitative estimate of drug-likeness (QED) is 0.435. The number of amides is 1.